The number of hydrogen-bond acceptors (Lipinski definition) is 5. The van der Waals surface area contributed by atoms with Gasteiger partial charge >= 0.3 is 5.91 Å². The zero-order chi connectivity index (χ0) is 24.8. The summed E-state index contributed by atoms with van der Waals surface area (Å²) in [5.74, 6) is 5.22. The largest absolute Gasteiger partial charge is 0.451 e. The summed E-state index contributed by atoms with van der Waals surface area (Å²) in [4.78, 5) is 37.4. The molecule has 0 bridgehead atoms. The van der Waals surface area contributed by atoms with Gasteiger partial charge in [0, 0.05) is 24.7 Å². The second-order valence-corrected chi connectivity index (χ2v) is 8.43. The summed E-state index contributed by atoms with van der Waals surface area (Å²) < 4.78 is 5.77. The number of rotatable bonds is 8. The number of hydrogen-bond donors (Lipinski definition) is 3. The van der Waals surface area contributed by atoms with Crippen LogP contribution in [0.1, 0.15) is 45.9 Å². The van der Waals surface area contributed by atoms with Crippen LogP contribution < -0.4 is 16.5 Å². The van der Waals surface area contributed by atoms with Gasteiger partial charge in [-0.3, -0.25) is 19.4 Å². The molecule has 0 fully saturated rings. The molecule has 0 radical (unpaired) electrons. The molecule has 0 unspecified atom stereocenters. The minimum Gasteiger partial charge on any atom is -0.451 e. The van der Waals surface area contributed by atoms with Gasteiger partial charge in [0.05, 0.1) is 0 Å². The first-order chi connectivity index (χ1) is 16.2. The van der Waals surface area contributed by atoms with E-state index in [1.807, 2.05) is 63.2 Å². The molecule has 3 aromatic rings. The van der Waals surface area contributed by atoms with Crippen molar-refractivity contribution < 1.29 is 18.8 Å². The number of aryl methyl sites for hydroxylation is 1. The van der Waals surface area contributed by atoms with Crippen LogP contribution in [0.3, 0.4) is 0 Å². The smallest absolute Gasteiger partial charge is 0.304 e. The van der Waals surface area contributed by atoms with Crippen LogP contribution in [-0.2, 0) is 11.3 Å². The Labute approximate surface area is 199 Å². The van der Waals surface area contributed by atoms with Crippen molar-refractivity contribution in [3.05, 3.63) is 83.1 Å². The average Bonchev–Trinajstić information content (AvgIpc) is 3.32. The maximum Gasteiger partial charge on any atom is 0.304 e. The number of benzene rings is 2. The minimum atomic E-state index is -0.827. The summed E-state index contributed by atoms with van der Waals surface area (Å²) in [7, 11) is 1.50. The Kier molecular flexibility index (Phi) is 7.86. The van der Waals surface area contributed by atoms with Crippen LogP contribution in [0.5, 0.6) is 0 Å². The first-order valence-corrected chi connectivity index (χ1v) is 11.0. The highest BCUT2D eigenvalue weighted by Crippen LogP contribution is 2.24. The van der Waals surface area contributed by atoms with Crippen LogP contribution in [0.15, 0.2) is 65.1 Å². The highest BCUT2D eigenvalue weighted by Gasteiger charge is 2.32. The Hall–Kier alpha value is -3.91. The van der Waals surface area contributed by atoms with Gasteiger partial charge in [0.1, 0.15) is 11.8 Å². The second kappa shape index (κ2) is 10.8. The number of likely N-dealkylation sites (N-methyl/N-ethyl adjacent to an activating group) is 1. The molecule has 178 valence electrons. The quantitative estimate of drug-likeness (QED) is 0.270. The van der Waals surface area contributed by atoms with Crippen molar-refractivity contribution in [2.75, 3.05) is 7.05 Å². The predicted molar refractivity (Wildman–Crippen MR) is 130 cm³/mol. The zero-order valence-corrected chi connectivity index (χ0v) is 19.8. The third kappa shape index (κ3) is 5.71. The number of amides is 3. The molecule has 1 aromatic heterocycles. The van der Waals surface area contributed by atoms with Gasteiger partial charge in [-0.05, 0) is 48.7 Å². The van der Waals surface area contributed by atoms with E-state index < -0.39 is 11.9 Å². The van der Waals surface area contributed by atoms with E-state index in [-0.39, 0.29) is 23.5 Å². The molecule has 4 N–H and O–H groups in total. The van der Waals surface area contributed by atoms with E-state index in [4.69, 9.17) is 10.3 Å². The standard InChI is InChI=1S/C26H30N4O4/c1-16(2)23(25(32)28-4)30(27)26(33)22-12-11-21(34-22)19-9-6-8-18(14-19)15-29-24(31)20-10-5-7-17(3)13-20/h5-14,16,23H,15,27H2,1-4H3,(H,28,32)(H,29,31)/t23-/m0/s1. The van der Waals surface area contributed by atoms with Gasteiger partial charge in [-0.2, -0.15) is 0 Å². The number of furan rings is 1. The van der Waals surface area contributed by atoms with Gasteiger partial charge in [-0.15, -0.1) is 0 Å². The van der Waals surface area contributed by atoms with Crippen LogP contribution in [0.4, 0.5) is 0 Å². The summed E-state index contributed by atoms with van der Waals surface area (Å²) in [6, 6.07) is 17.3. The first-order valence-electron chi connectivity index (χ1n) is 11.0. The van der Waals surface area contributed by atoms with Crippen molar-refractivity contribution in [1.82, 2.24) is 15.6 Å². The Bertz CT molecular complexity index is 1180. The summed E-state index contributed by atoms with van der Waals surface area (Å²) in [6.07, 6.45) is 0. The van der Waals surface area contributed by atoms with E-state index in [1.54, 1.807) is 12.1 Å². The van der Waals surface area contributed by atoms with Crippen molar-refractivity contribution in [1.29, 1.82) is 0 Å². The molecule has 2 aromatic carbocycles. The SMILES string of the molecule is CNC(=O)[C@H](C(C)C)N(N)C(=O)c1ccc(-c2cccc(CNC(=O)c3cccc(C)c3)c2)o1. The van der Waals surface area contributed by atoms with E-state index >= 15 is 0 Å². The third-order valence-corrected chi connectivity index (χ3v) is 5.44. The monoisotopic (exact) mass is 462 g/mol. The molecule has 0 aliphatic rings. The van der Waals surface area contributed by atoms with Crippen molar-refractivity contribution >= 4 is 17.7 Å². The van der Waals surface area contributed by atoms with Crippen molar-refractivity contribution in [3.8, 4) is 11.3 Å². The maximum atomic E-state index is 12.8. The van der Waals surface area contributed by atoms with Gasteiger partial charge < -0.3 is 15.1 Å². The summed E-state index contributed by atoms with van der Waals surface area (Å²) in [5.41, 5.74) is 3.25. The maximum absolute atomic E-state index is 12.8. The lowest BCUT2D eigenvalue weighted by Gasteiger charge is -2.28. The molecule has 3 amide bonds. The van der Waals surface area contributed by atoms with Gasteiger partial charge in [-0.25, -0.2) is 5.84 Å². The van der Waals surface area contributed by atoms with Crippen molar-refractivity contribution in [3.63, 3.8) is 0 Å². The topological polar surface area (TPSA) is 118 Å². The summed E-state index contributed by atoms with van der Waals surface area (Å²) in [5, 5.41) is 6.35. The first kappa shape index (κ1) is 24.7. The predicted octanol–water partition coefficient (Wildman–Crippen LogP) is 3.27. The van der Waals surface area contributed by atoms with E-state index in [1.165, 1.54) is 13.1 Å². The molecule has 1 heterocycles. The van der Waals surface area contributed by atoms with E-state index in [9.17, 15) is 14.4 Å². The van der Waals surface area contributed by atoms with Crippen LogP contribution in [0.2, 0.25) is 0 Å². The van der Waals surface area contributed by atoms with E-state index in [0.29, 0.717) is 17.9 Å². The normalized spacial score (nSPS) is 11.7. The van der Waals surface area contributed by atoms with E-state index in [0.717, 1.165) is 21.7 Å². The molecule has 0 saturated carbocycles. The molecule has 0 aliphatic carbocycles. The number of nitrogens with two attached hydrogens (primary N) is 1. The fraction of sp³-hybridized carbons (Fsp3) is 0.269. The van der Waals surface area contributed by atoms with Gasteiger partial charge in [0.2, 0.25) is 5.91 Å². The Morgan fingerprint density at radius 2 is 1.76 bits per heavy atom. The van der Waals surface area contributed by atoms with Gasteiger partial charge in [0.15, 0.2) is 5.76 Å². The second-order valence-electron chi connectivity index (χ2n) is 8.43. The molecule has 0 saturated heterocycles. The third-order valence-electron chi connectivity index (χ3n) is 5.44. The number of carbonyl (C=O) groups is 3. The Morgan fingerprint density at radius 3 is 2.44 bits per heavy atom. The fourth-order valence-electron chi connectivity index (χ4n) is 3.66. The lowest BCUT2D eigenvalue weighted by Crippen LogP contribution is -2.55. The highest BCUT2D eigenvalue weighted by atomic mass is 16.4. The van der Waals surface area contributed by atoms with Gasteiger partial charge in [0.25, 0.3) is 5.91 Å². The molecule has 0 spiro atoms. The Balaban J connectivity index is 1.71. The molecule has 8 heteroatoms. The number of hydrazine groups is 1. The highest BCUT2D eigenvalue weighted by molar-refractivity contribution is 5.96. The molecule has 3 rings (SSSR count). The molecule has 8 nitrogen and oxygen atoms in total. The van der Waals surface area contributed by atoms with Gasteiger partial charge in [-0.1, -0.05) is 49.7 Å². The van der Waals surface area contributed by atoms with Crippen molar-refractivity contribution in [2.24, 2.45) is 11.8 Å². The molecule has 34 heavy (non-hydrogen) atoms. The molecule has 0 aliphatic heterocycles. The minimum absolute atomic E-state index is 0.0326. The van der Waals surface area contributed by atoms with E-state index in [2.05, 4.69) is 10.6 Å². The number of nitrogens with zero attached hydrogens (tertiary/aromatic N) is 1. The zero-order valence-electron chi connectivity index (χ0n) is 19.8. The fourth-order valence-corrected chi connectivity index (χ4v) is 3.66. The van der Waals surface area contributed by atoms with Crippen molar-refractivity contribution in [2.45, 2.75) is 33.4 Å². The number of carbonyl (C=O) groups excluding carboxylic acids is 3. The number of nitrogens with one attached hydrogen (secondary N) is 2. The molecular weight excluding hydrogens is 432 g/mol. The molecular formula is C26H30N4O4. The average molecular weight is 463 g/mol. The Morgan fingerprint density at radius 1 is 1.03 bits per heavy atom. The van der Waals surface area contributed by atoms with Crippen LogP contribution in [0, 0.1) is 12.8 Å². The summed E-state index contributed by atoms with van der Waals surface area (Å²) >= 11 is 0. The van der Waals surface area contributed by atoms with Crippen LogP contribution in [0.25, 0.3) is 11.3 Å². The lowest BCUT2D eigenvalue weighted by atomic mass is 10.0. The lowest BCUT2D eigenvalue weighted by molar-refractivity contribution is -0.126. The molecule has 1 atom stereocenters. The summed E-state index contributed by atoms with van der Waals surface area (Å²) in [6.45, 7) is 5.90. The van der Waals surface area contributed by atoms with Crippen LogP contribution in [-0.4, -0.2) is 35.8 Å². The van der Waals surface area contributed by atoms with Crippen LogP contribution >= 0.6 is 0 Å².